The second-order valence-corrected chi connectivity index (χ2v) is 5.27. The van der Waals surface area contributed by atoms with Gasteiger partial charge in [-0.3, -0.25) is 9.89 Å². The van der Waals surface area contributed by atoms with Crippen molar-refractivity contribution in [3.8, 4) is 0 Å². The molecule has 0 saturated carbocycles. The zero-order valence-electron chi connectivity index (χ0n) is 11.7. The van der Waals surface area contributed by atoms with Crippen LogP contribution in [0.1, 0.15) is 17.9 Å². The molecule has 3 aromatic rings. The second kappa shape index (κ2) is 5.10. The Hall–Kier alpha value is -2.96. The van der Waals surface area contributed by atoms with Gasteiger partial charge in [-0.25, -0.2) is 9.97 Å². The fourth-order valence-corrected chi connectivity index (χ4v) is 2.81. The minimum Gasteiger partial charge on any atom is -0.369 e. The summed E-state index contributed by atoms with van der Waals surface area (Å²) in [5.41, 5.74) is 2.73. The number of fused-ring (bicyclic) bond motifs is 2. The largest absolute Gasteiger partial charge is 0.369 e. The summed E-state index contributed by atoms with van der Waals surface area (Å²) in [6.45, 7) is 0.627. The van der Waals surface area contributed by atoms with Crippen LogP contribution in [0.3, 0.4) is 0 Å². The van der Waals surface area contributed by atoms with Crippen molar-refractivity contribution >= 4 is 28.4 Å². The van der Waals surface area contributed by atoms with E-state index in [0.717, 1.165) is 22.5 Å². The summed E-state index contributed by atoms with van der Waals surface area (Å²) < 4.78 is 0. The number of carbonyl (C=O) groups is 1. The highest BCUT2D eigenvalue weighted by molar-refractivity contribution is 5.94. The molecule has 1 aliphatic rings. The van der Waals surface area contributed by atoms with E-state index in [0.29, 0.717) is 18.6 Å². The molecule has 0 saturated heterocycles. The number of aromatic amines is 1. The SMILES string of the molecule is O=C1CC(CNc2ncnc3[nH]ncc23)c2ccccc2N1. The minimum atomic E-state index is 0.0432. The summed E-state index contributed by atoms with van der Waals surface area (Å²) in [4.78, 5) is 20.2. The summed E-state index contributed by atoms with van der Waals surface area (Å²) >= 11 is 0. The Morgan fingerprint density at radius 1 is 1.27 bits per heavy atom. The Labute approximate surface area is 126 Å². The molecule has 110 valence electrons. The van der Waals surface area contributed by atoms with Crippen molar-refractivity contribution in [2.45, 2.75) is 12.3 Å². The molecule has 0 bridgehead atoms. The third kappa shape index (κ3) is 2.16. The van der Waals surface area contributed by atoms with Crippen molar-refractivity contribution in [3.63, 3.8) is 0 Å². The van der Waals surface area contributed by atoms with E-state index in [1.165, 1.54) is 6.33 Å². The van der Waals surface area contributed by atoms with Gasteiger partial charge >= 0.3 is 0 Å². The average molecular weight is 294 g/mol. The van der Waals surface area contributed by atoms with E-state index in [1.807, 2.05) is 18.2 Å². The smallest absolute Gasteiger partial charge is 0.225 e. The fourth-order valence-electron chi connectivity index (χ4n) is 2.81. The molecule has 1 amide bonds. The zero-order valence-corrected chi connectivity index (χ0v) is 11.7. The number of hydrogen-bond acceptors (Lipinski definition) is 5. The number of carbonyl (C=O) groups excluding carboxylic acids is 1. The van der Waals surface area contributed by atoms with E-state index in [9.17, 15) is 4.79 Å². The van der Waals surface area contributed by atoms with Crippen LogP contribution in [0.5, 0.6) is 0 Å². The lowest BCUT2D eigenvalue weighted by Gasteiger charge is -2.25. The first-order valence-corrected chi connectivity index (χ1v) is 7.08. The van der Waals surface area contributed by atoms with Crippen molar-refractivity contribution in [1.82, 2.24) is 20.2 Å². The van der Waals surface area contributed by atoms with Crippen LogP contribution >= 0.6 is 0 Å². The number of aromatic nitrogens is 4. The number of para-hydroxylation sites is 1. The van der Waals surface area contributed by atoms with Gasteiger partial charge in [0.1, 0.15) is 12.1 Å². The topological polar surface area (TPSA) is 95.6 Å². The predicted octanol–water partition coefficient (Wildman–Crippen LogP) is 1.89. The predicted molar refractivity (Wildman–Crippen MR) is 82.6 cm³/mol. The van der Waals surface area contributed by atoms with E-state index in [2.05, 4.69) is 36.9 Å². The molecule has 4 rings (SSSR count). The lowest BCUT2D eigenvalue weighted by atomic mass is 9.90. The molecular weight excluding hydrogens is 280 g/mol. The number of nitrogens with one attached hydrogen (secondary N) is 3. The second-order valence-electron chi connectivity index (χ2n) is 5.27. The summed E-state index contributed by atoms with van der Waals surface area (Å²) in [6.07, 6.45) is 3.65. The van der Waals surface area contributed by atoms with Crippen LogP contribution in [0.25, 0.3) is 11.0 Å². The molecule has 0 spiro atoms. The van der Waals surface area contributed by atoms with Gasteiger partial charge in [0.05, 0.1) is 11.6 Å². The van der Waals surface area contributed by atoms with E-state index in [4.69, 9.17) is 0 Å². The molecule has 3 N–H and O–H groups in total. The zero-order chi connectivity index (χ0) is 14.9. The summed E-state index contributed by atoms with van der Waals surface area (Å²) in [7, 11) is 0. The maximum Gasteiger partial charge on any atom is 0.225 e. The number of nitrogens with zero attached hydrogens (tertiary/aromatic N) is 3. The molecule has 0 aliphatic carbocycles. The first-order valence-electron chi connectivity index (χ1n) is 7.08. The molecular formula is C15H14N6O. The van der Waals surface area contributed by atoms with Crippen molar-refractivity contribution in [2.24, 2.45) is 0 Å². The van der Waals surface area contributed by atoms with Gasteiger partial charge in [0.2, 0.25) is 5.91 Å². The van der Waals surface area contributed by atoms with Crippen LogP contribution in [-0.2, 0) is 4.79 Å². The third-order valence-corrected chi connectivity index (χ3v) is 3.87. The maximum absolute atomic E-state index is 11.8. The highest BCUT2D eigenvalue weighted by Crippen LogP contribution is 2.32. The molecule has 1 aliphatic heterocycles. The van der Waals surface area contributed by atoms with Crippen molar-refractivity contribution in [2.75, 3.05) is 17.2 Å². The molecule has 1 atom stereocenters. The van der Waals surface area contributed by atoms with Gasteiger partial charge in [-0.15, -0.1) is 0 Å². The van der Waals surface area contributed by atoms with Crippen molar-refractivity contribution < 1.29 is 4.79 Å². The number of amides is 1. The van der Waals surface area contributed by atoms with Gasteiger partial charge in [0.15, 0.2) is 5.65 Å². The molecule has 7 heteroatoms. The van der Waals surface area contributed by atoms with Gasteiger partial charge < -0.3 is 10.6 Å². The Morgan fingerprint density at radius 2 is 2.18 bits per heavy atom. The maximum atomic E-state index is 11.8. The van der Waals surface area contributed by atoms with Gasteiger partial charge in [-0.05, 0) is 11.6 Å². The molecule has 1 unspecified atom stereocenters. The van der Waals surface area contributed by atoms with Crippen LogP contribution in [-0.4, -0.2) is 32.6 Å². The van der Waals surface area contributed by atoms with E-state index in [1.54, 1.807) is 6.20 Å². The summed E-state index contributed by atoms with van der Waals surface area (Å²) in [5.74, 6) is 0.880. The molecule has 7 nitrogen and oxygen atoms in total. The van der Waals surface area contributed by atoms with Crippen LogP contribution in [0.4, 0.5) is 11.5 Å². The Morgan fingerprint density at radius 3 is 3.14 bits per heavy atom. The van der Waals surface area contributed by atoms with Crippen LogP contribution in [0, 0.1) is 0 Å². The lowest BCUT2D eigenvalue weighted by molar-refractivity contribution is -0.116. The van der Waals surface area contributed by atoms with Crippen LogP contribution in [0.2, 0.25) is 0 Å². The molecule has 0 radical (unpaired) electrons. The Bertz CT molecular complexity index is 843. The Balaban J connectivity index is 1.59. The third-order valence-electron chi connectivity index (χ3n) is 3.87. The van der Waals surface area contributed by atoms with E-state index < -0.39 is 0 Å². The molecule has 22 heavy (non-hydrogen) atoms. The highest BCUT2D eigenvalue weighted by atomic mass is 16.1. The van der Waals surface area contributed by atoms with Crippen molar-refractivity contribution in [1.29, 1.82) is 0 Å². The minimum absolute atomic E-state index is 0.0432. The number of anilines is 2. The fraction of sp³-hybridized carbons (Fsp3) is 0.200. The van der Waals surface area contributed by atoms with Crippen molar-refractivity contribution in [3.05, 3.63) is 42.4 Å². The highest BCUT2D eigenvalue weighted by Gasteiger charge is 2.24. The van der Waals surface area contributed by atoms with Crippen LogP contribution in [0.15, 0.2) is 36.8 Å². The molecule has 3 heterocycles. The molecule has 0 fully saturated rings. The van der Waals surface area contributed by atoms with Gasteiger partial charge in [-0.1, -0.05) is 18.2 Å². The van der Waals surface area contributed by atoms with Gasteiger partial charge in [-0.2, -0.15) is 5.10 Å². The average Bonchev–Trinajstić information content (AvgIpc) is 3.01. The number of benzene rings is 1. The number of rotatable bonds is 3. The van der Waals surface area contributed by atoms with Gasteiger partial charge in [0, 0.05) is 24.6 Å². The van der Waals surface area contributed by atoms with E-state index >= 15 is 0 Å². The number of H-pyrrole nitrogens is 1. The summed E-state index contributed by atoms with van der Waals surface area (Å²) in [6, 6.07) is 7.89. The van der Waals surface area contributed by atoms with Gasteiger partial charge in [0.25, 0.3) is 0 Å². The van der Waals surface area contributed by atoms with E-state index in [-0.39, 0.29) is 11.8 Å². The monoisotopic (exact) mass is 294 g/mol. The lowest BCUT2D eigenvalue weighted by Crippen LogP contribution is -2.26. The molecule has 2 aromatic heterocycles. The molecule has 1 aromatic carbocycles. The standard InChI is InChI=1S/C15H14N6O/c22-13-5-9(10-3-1-2-4-12(10)20-13)6-16-14-11-7-19-21-15(11)18-8-17-14/h1-4,7-9H,5-6H2,(H,20,22)(H2,16,17,18,19,21). The Kier molecular flexibility index (Phi) is 2.96. The quantitative estimate of drug-likeness (QED) is 0.685. The van der Waals surface area contributed by atoms with Crippen LogP contribution < -0.4 is 10.6 Å². The number of hydrogen-bond donors (Lipinski definition) is 3. The summed E-state index contributed by atoms with van der Waals surface area (Å²) in [5, 5.41) is 13.9. The normalized spacial score (nSPS) is 17.1. The first-order chi connectivity index (χ1) is 10.8. The first kappa shape index (κ1) is 12.8.